The van der Waals surface area contributed by atoms with Gasteiger partial charge in [-0.1, -0.05) is 77.3 Å². The summed E-state index contributed by atoms with van der Waals surface area (Å²) in [6.07, 6.45) is 18.7. The monoisotopic (exact) mass is 1260 g/mol. The van der Waals surface area contributed by atoms with Crippen LogP contribution in [0.5, 0.6) is 0 Å². The third-order valence-corrected chi connectivity index (χ3v) is 10.5. The Morgan fingerprint density at radius 3 is 2.43 bits per heavy atom. The summed E-state index contributed by atoms with van der Waals surface area (Å²) >= 11 is 0. The van der Waals surface area contributed by atoms with Crippen LogP contribution in [0.4, 0.5) is 0 Å². The van der Waals surface area contributed by atoms with Gasteiger partial charge in [-0.25, -0.2) is 16.9 Å². The number of cyclic esters (lactones) is 1. The Morgan fingerprint density at radius 1 is 1.17 bits per heavy atom. The molecule has 0 aromatic carbocycles. The number of piperazine rings is 1. The summed E-state index contributed by atoms with van der Waals surface area (Å²) in [5.41, 5.74) is 5.29. The van der Waals surface area contributed by atoms with Crippen LogP contribution in [0, 0.1) is 118 Å². The van der Waals surface area contributed by atoms with Crippen molar-refractivity contribution in [1.82, 2.24) is 15.6 Å². The first kappa shape index (κ1) is 58.6. The second-order valence-corrected chi connectivity index (χ2v) is 15.3. The van der Waals surface area contributed by atoms with Crippen molar-refractivity contribution in [3.05, 3.63) is 91.9 Å². The first-order valence-corrected chi connectivity index (χ1v) is 19.9. The van der Waals surface area contributed by atoms with Gasteiger partial charge in [-0.3, -0.25) is 4.79 Å². The number of allylic oxidation sites excluding steroid dienone is 8. The van der Waals surface area contributed by atoms with Crippen LogP contribution in [0.3, 0.4) is 0 Å². The SMILES string of the molecule is C/C=C/C(O)C(C)/C=C/C(=N\NCC(=O)N1CCNCC1)C(C)C(O)C(C)C1[CH-]/C=C/C=C(\C)CC(C)C(O)C(CC)[CH-]C(C)/C=C(C)/C=C(\OC)C(=O)O1.[CH3-].[U+2].[U]. The molecule has 1 amide bonds. The number of aliphatic hydroxyl groups excluding tert-OH is 3. The van der Waals surface area contributed by atoms with E-state index in [0.717, 1.165) is 37.1 Å². The van der Waals surface area contributed by atoms with Gasteiger partial charge in [-0.2, -0.15) is 17.4 Å². The van der Waals surface area contributed by atoms with E-state index in [1.54, 1.807) is 41.7 Å². The molecular formula is C45H73N4O7U2-. The molecule has 13 heteroatoms. The van der Waals surface area contributed by atoms with Crippen molar-refractivity contribution in [2.24, 2.45) is 40.6 Å². The van der Waals surface area contributed by atoms with E-state index < -0.39 is 42.2 Å². The maximum Gasteiger partial charge on any atom is 2.00 e. The zero-order valence-corrected chi connectivity index (χ0v) is 45.3. The summed E-state index contributed by atoms with van der Waals surface area (Å²) in [4.78, 5) is 28.3. The molecule has 2 heterocycles. The summed E-state index contributed by atoms with van der Waals surface area (Å²) in [7, 11) is 1.42. The minimum Gasteiger partial charge on any atom is -0.490 e. The average Bonchev–Trinajstić information content (AvgIpc) is 3.16. The molecule has 0 bridgehead atoms. The van der Waals surface area contributed by atoms with Gasteiger partial charge in [0.2, 0.25) is 11.7 Å². The molecule has 2 rings (SSSR count). The normalized spacial score (nSPS) is 28.9. The quantitative estimate of drug-likeness (QED) is 0.0497. The molecule has 0 aromatic heterocycles. The Labute approximate surface area is 398 Å². The summed E-state index contributed by atoms with van der Waals surface area (Å²) in [6.45, 7) is 20.2. The molecule has 0 spiro atoms. The van der Waals surface area contributed by atoms with Gasteiger partial charge < -0.3 is 54.3 Å². The maximum atomic E-state index is 13.6. The van der Waals surface area contributed by atoms with Crippen molar-refractivity contribution in [1.29, 1.82) is 0 Å². The Balaban J connectivity index is 0. The predicted octanol–water partition coefficient (Wildman–Crippen LogP) is 5.94. The van der Waals surface area contributed by atoms with Crippen molar-refractivity contribution in [2.45, 2.75) is 99.6 Å². The molecular weight excluding hydrogens is 1180 g/mol. The molecule has 1 saturated heterocycles. The molecule has 0 saturated carbocycles. The van der Waals surface area contributed by atoms with E-state index in [-0.39, 0.29) is 112 Å². The number of esters is 1. The van der Waals surface area contributed by atoms with Gasteiger partial charge in [0, 0.05) is 81.1 Å². The predicted molar refractivity (Wildman–Crippen MR) is 228 cm³/mol. The van der Waals surface area contributed by atoms with E-state index >= 15 is 0 Å². The van der Waals surface area contributed by atoms with Crippen LogP contribution in [-0.4, -0.2) is 102 Å². The number of hydrazone groups is 1. The molecule has 58 heavy (non-hydrogen) atoms. The Morgan fingerprint density at radius 2 is 1.83 bits per heavy atom. The van der Waals surface area contributed by atoms with Crippen LogP contribution in [0.1, 0.15) is 75.2 Å². The second-order valence-electron chi connectivity index (χ2n) is 15.3. The summed E-state index contributed by atoms with van der Waals surface area (Å²) in [5.74, 6) is -2.08. The van der Waals surface area contributed by atoms with Crippen LogP contribution in [0.15, 0.2) is 76.7 Å². The van der Waals surface area contributed by atoms with E-state index in [1.165, 1.54) is 7.11 Å². The van der Waals surface area contributed by atoms with Crippen LogP contribution >= 0.6 is 0 Å². The van der Waals surface area contributed by atoms with Gasteiger partial charge in [0.05, 0.1) is 31.1 Å². The van der Waals surface area contributed by atoms with Gasteiger partial charge in [0.15, 0.2) is 0 Å². The number of carbonyl (C=O) groups excluding carboxylic acids is 2. The number of rotatable bonds is 13. The van der Waals surface area contributed by atoms with Crippen molar-refractivity contribution in [3.8, 4) is 0 Å². The molecule has 10 atom stereocenters. The van der Waals surface area contributed by atoms with E-state index in [9.17, 15) is 24.9 Å². The fourth-order valence-electron chi connectivity index (χ4n) is 6.90. The van der Waals surface area contributed by atoms with Crippen LogP contribution in [0.25, 0.3) is 0 Å². The number of aliphatic hydroxyl groups is 3. The number of amides is 1. The molecule has 11 nitrogen and oxygen atoms in total. The van der Waals surface area contributed by atoms with Crippen molar-refractivity contribution in [3.63, 3.8) is 0 Å². The zero-order chi connectivity index (χ0) is 41.1. The van der Waals surface area contributed by atoms with Crippen LogP contribution in [0.2, 0.25) is 0 Å². The number of carbonyl (C=O) groups is 2. The van der Waals surface area contributed by atoms with Crippen molar-refractivity contribution >= 4 is 17.6 Å². The van der Waals surface area contributed by atoms with E-state index in [4.69, 9.17) is 9.47 Å². The molecule has 2 aliphatic rings. The molecule has 10 unspecified atom stereocenters. The first-order valence-electron chi connectivity index (χ1n) is 19.9. The van der Waals surface area contributed by atoms with Gasteiger partial charge in [0.25, 0.3) is 0 Å². The van der Waals surface area contributed by atoms with Crippen LogP contribution in [-0.2, 0) is 19.1 Å². The Hall–Kier alpha value is -1.54. The number of hydrogen-bond donors (Lipinski definition) is 5. The Bertz CT molecular complexity index is 1420. The third kappa shape index (κ3) is 20.4. The van der Waals surface area contributed by atoms with Gasteiger partial charge >= 0.3 is 37.1 Å². The van der Waals surface area contributed by atoms with E-state index in [2.05, 4.69) is 43.0 Å². The number of hydrogen-bond acceptors (Lipinski definition) is 10. The van der Waals surface area contributed by atoms with E-state index in [0.29, 0.717) is 18.8 Å². The molecule has 1 fully saturated rings. The van der Waals surface area contributed by atoms with Gasteiger partial charge in [0.1, 0.15) is 6.54 Å². The third-order valence-electron chi connectivity index (χ3n) is 10.5. The molecule has 2 aliphatic heterocycles. The number of nitrogens with one attached hydrogen (secondary N) is 2. The summed E-state index contributed by atoms with van der Waals surface area (Å²) < 4.78 is 11.6. The molecule has 5 N–H and O–H groups in total. The van der Waals surface area contributed by atoms with Crippen LogP contribution < -0.4 is 10.7 Å². The topological polar surface area (TPSA) is 153 Å². The fourth-order valence-corrected chi connectivity index (χ4v) is 6.90. The number of nitrogens with zero attached hydrogens (tertiary/aromatic N) is 2. The summed E-state index contributed by atoms with van der Waals surface area (Å²) in [5, 5.41) is 41.4. The average molecular weight is 1260 g/mol. The molecule has 0 radical (unpaired) electrons. The van der Waals surface area contributed by atoms with Gasteiger partial charge in [-0.05, 0) is 45.3 Å². The zero-order valence-electron chi connectivity index (χ0n) is 36.9. The van der Waals surface area contributed by atoms with Gasteiger partial charge in [-0.15, -0.1) is 18.1 Å². The Kier molecular flexibility index (Phi) is 31.6. The van der Waals surface area contributed by atoms with E-state index in [1.807, 2.05) is 65.8 Å². The second kappa shape index (κ2) is 31.3. The molecule has 0 aromatic rings. The minimum atomic E-state index is -1.05. The van der Waals surface area contributed by atoms with Crippen molar-refractivity contribution in [2.75, 3.05) is 39.8 Å². The maximum absolute atomic E-state index is 13.6. The fraction of sp³-hybridized carbons (Fsp3) is 0.600. The summed E-state index contributed by atoms with van der Waals surface area (Å²) in [6, 6.07) is 0. The smallest absolute Gasteiger partial charge is 0.490 e. The largest absolute Gasteiger partial charge is 2.00 e. The number of methoxy groups -OCH3 is 1. The minimum absolute atomic E-state index is 0. The molecule has 0 aliphatic carbocycles. The standard InChI is InChI=1S/C44H70N4O7.CH3.2U/c1-11-15-38(49)32(6)18-19-37(47-46-28-41(50)48-22-20-45-21-23-48)34(8)43(52)35(9)39-17-14-13-16-29(3)25-33(7)42(51)36(12-2)26-30(4)24-31(5)27-40(54-10)44(53)55-39;;;/h11,13-19,24,26-27,30,32-36,38-39,42-43,45-46,49,51-52H,12,20-23,25,28H2,1-10H3;1H3;;/q-2;-1;;+2/b14-13+,15-11+,19-18+,29-16+,31-24+,40-27-,47-37+;;;. The van der Waals surface area contributed by atoms with Crippen molar-refractivity contribution < 1.29 is 96.6 Å². The number of ether oxygens (including phenoxy) is 2. The molecule has 324 valence electrons. The first-order chi connectivity index (χ1) is 26.1.